The topological polar surface area (TPSA) is 97.0 Å². The monoisotopic (exact) mass is 478 g/mol. The molecule has 1 aliphatic rings. The SMILES string of the molecule is COc1cc2c(cc1F)c(C#N)c(-c1ccc(S(=O)(=O)NC(CF)CF)cn1)n2CC1CC1. The first kappa shape index (κ1) is 23.1. The first-order chi connectivity index (χ1) is 15.8. The standard InChI is InChI=1S/C22H21F3N4O3S/c1-32-21-7-20-16(6-18(21)25)17(10-26)22(29(20)12-13-2-3-13)19-5-4-15(11-27-19)33(30,31)28-14(8-23)9-24/h4-7,11,13-14,28H,2-3,8-9,12H2,1H3. The third kappa shape index (κ3) is 4.41. The number of sulfonamides is 1. The second-order valence-electron chi connectivity index (χ2n) is 7.90. The molecule has 1 N–H and O–H groups in total. The summed E-state index contributed by atoms with van der Waals surface area (Å²) in [6.45, 7) is -1.79. The van der Waals surface area contributed by atoms with Gasteiger partial charge in [-0.3, -0.25) is 4.98 Å². The van der Waals surface area contributed by atoms with E-state index >= 15 is 0 Å². The molecule has 0 bridgehead atoms. The Morgan fingerprint density at radius 3 is 2.58 bits per heavy atom. The van der Waals surface area contributed by atoms with Crippen LogP contribution in [0, 0.1) is 23.1 Å². The van der Waals surface area contributed by atoms with E-state index in [-0.39, 0.29) is 16.2 Å². The van der Waals surface area contributed by atoms with E-state index in [2.05, 4.69) is 11.1 Å². The second-order valence-corrected chi connectivity index (χ2v) is 9.61. The highest BCUT2D eigenvalue weighted by molar-refractivity contribution is 7.89. The number of hydrogen-bond donors (Lipinski definition) is 1. The number of ether oxygens (including phenoxy) is 1. The van der Waals surface area contributed by atoms with Crippen LogP contribution in [0.4, 0.5) is 13.2 Å². The van der Waals surface area contributed by atoms with E-state index in [0.717, 1.165) is 19.0 Å². The molecule has 3 aromatic rings. The summed E-state index contributed by atoms with van der Waals surface area (Å²) in [5, 5.41) is 10.3. The van der Waals surface area contributed by atoms with Gasteiger partial charge in [-0.25, -0.2) is 26.3 Å². The Bertz CT molecular complexity index is 1330. The van der Waals surface area contributed by atoms with Gasteiger partial charge in [0, 0.05) is 24.2 Å². The zero-order valence-corrected chi connectivity index (χ0v) is 18.5. The predicted octanol–water partition coefficient (Wildman–Crippen LogP) is 3.72. The Hall–Kier alpha value is -3.10. The Kier molecular flexibility index (Phi) is 6.32. The summed E-state index contributed by atoms with van der Waals surface area (Å²) < 4.78 is 73.7. The third-order valence-electron chi connectivity index (χ3n) is 5.57. The number of pyridine rings is 1. The minimum absolute atomic E-state index is 0.0452. The van der Waals surface area contributed by atoms with E-state index in [1.807, 2.05) is 9.29 Å². The number of nitrogens with zero attached hydrogens (tertiary/aromatic N) is 3. The summed E-state index contributed by atoms with van der Waals surface area (Å²) in [6, 6.07) is 6.09. The van der Waals surface area contributed by atoms with Crippen LogP contribution in [0.3, 0.4) is 0 Å². The molecule has 0 atom stereocenters. The van der Waals surface area contributed by atoms with Gasteiger partial charge in [0.2, 0.25) is 10.0 Å². The minimum atomic E-state index is -4.19. The molecule has 1 saturated carbocycles. The number of benzene rings is 1. The van der Waals surface area contributed by atoms with E-state index < -0.39 is 35.2 Å². The number of halogens is 3. The van der Waals surface area contributed by atoms with Crippen molar-refractivity contribution >= 4 is 20.9 Å². The van der Waals surface area contributed by atoms with Crippen LogP contribution in [0.25, 0.3) is 22.3 Å². The van der Waals surface area contributed by atoms with Crippen LogP contribution in [-0.4, -0.2) is 44.5 Å². The molecule has 2 heterocycles. The van der Waals surface area contributed by atoms with Crippen LogP contribution in [0.5, 0.6) is 5.75 Å². The highest BCUT2D eigenvalue weighted by Crippen LogP contribution is 2.39. The zero-order valence-electron chi connectivity index (χ0n) is 17.7. The van der Waals surface area contributed by atoms with Crippen molar-refractivity contribution in [2.24, 2.45) is 5.92 Å². The minimum Gasteiger partial charge on any atom is -0.494 e. The van der Waals surface area contributed by atoms with Gasteiger partial charge < -0.3 is 9.30 Å². The van der Waals surface area contributed by atoms with Crippen molar-refractivity contribution < 1.29 is 26.3 Å². The molecule has 4 rings (SSSR count). The van der Waals surface area contributed by atoms with Crippen molar-refractivity contribution in [1.29, 1.82) is 5.26 Å². The van der Waals surface area contributed by atoms with Gasteiger partial charge in [-0.05, 0) is 37.0 Å². The predicted molar refractivity (Wildman–Crippen MR) is 115 cm³/mol. The number of rotatable bonds is 9. The molecule has 7 nitrogen and oxygen atoms in total. The van der Waals surface area contributed by atoms with E-state index in [4.69, 9.17) is 4.74 Å². The molecule has 174 valence electrons. The smallest absolute Gasteiger partial charge is 0.242 e. The summed E-state index contributed by atoms with van der Waals surface area (Å²) in [5.74, 6) is -0.152. The summed E-state index contributed by atoms with van der Waals surface area (Å²) in [5.41, 5.74) is 1.58. The number of nitrogens with one attached hydrogen (secondary N) is 1. The maximum atomic E-state index is 14.4. The van der Waals surface area contributed by atoms with Gasteiger partial charge in [0.05, 0.1) is 35.6 Å². The van der Waals surface area contributed by atoms with Crippen molar-refractivity contribution in [3.05, 3.63) is 41.8 Å². The number of alkyl halides is 2. The van der Waals surface area contributed by atoms with Gasteiger partial charge in [-0.15, -0.1) is 0 Å². The number of nitriles is 1. The van der Waals surface area contributed by atoms with Crippen LogP contribution >= 0.6 is 0 Å². The van der Waals surface area contributed by atoms with Crippen molar-refractivity contribution in [3.63, 3.8) is 0 Å². The Morgan fingerprint density at radius 1 is 1.30 bits per heavy atom. The molecule has 0 unspecified atom stereocenters. The molecule has 33 heavy (non-hydrogen) atoms. The fourth-order valence-electron chi connectivity index (χ4n) is 3.70. The molecule has 0 aliphatic heterocycles. The van der Waals surface area contributed by atoms with Gasteiger partial charge in [-0.1, -0.05) is 0 Å². The maximum absolute atomic E-state index is 14.4. The van der Waals surface area contributed by atoms with Gasteiger partial charge in [0.25, 0.3) is 0 Å². The molecule has 1 fully saturated rings. The number of hydrogen-bond acceptors (Lipinski definition) is 5. The average molecular weight is 478 g/mol. The lowest BCUT2D eigenvalue weighted by Crippen LogP contribution is -2.37. The molecule has 1 aromatic carbocycles. The van der Waals surface area contributed by atoms with Gasteiger partial charge >= 0.3 is 0 Å². The van der Waals surface area contributed by atoms with E-state index in [9.17, 15) is 26.9 Å². The van der Waals surface area contributed by atoms with Crippen molar-refractivity contribution in [3.8, 4) is 23.2 Å². The van der Waals surface area contributed by atoms with Gasteiger partial charge in [-0.2, -0.15) is 5.26 Å². The van der Waals surface area contributed by atoms with E-state index in [1.54, 1.807) is 0 Å². The molecule has 0 saturated heterocycles. The van der Waals surface area contributed by atoms with Crippen LogP contribution in [0.1, 0.15) is 18.4 Å². The maximum Gasteiger partial charge on any atom is 0.242 e. The summed E-state index contributed by atoms with van der Waals surface area (Å²) in [7, 11) is -2.83. The van der Waals surface area contributed by atoms with Crippen LogP contribution in [-0.2, 0) is 16.6 Å². The zero-order chi connectivity index (χ0) is 23.8. The van der Waals surface area contributed by atoms with Gasteiger partial charge in [0.15, 0.2) is 11.6 Å². The molecular weight excluding hydrogens is 457 g/mol. The van der Waals surface area contributed by atoms with E-state index in [1.165, 1.54) is 31.4 Å². The molecule has 11 heteroatoms. The lowest BCUT2D eigenvalue weighted by molar-refractivity contribution is 0.334. The highest BCUT2D eigenvalue weighted by Gasteiger charge is 2.28. The Balaban J connectivity index is 1.83. The largest absolute Gasteiger partial charge is 0.494 e. The average Bonchev–Trinajstić information content (AvgIpc) is 3.59. The van der Waals surface area contributed by atoms with E-state index in [0.29, 0.717) is 34.8 Å². The van der Waals surface area contributed by atoms with Gasteiger partial charge in [0.1, 0.15) is 24.3 Å². The van der Waals surface area contributed by atoms with Crippen molar-refractivity contribution in [2.45, 2.75) is 30.3 Å². The summed E-state index contributed by atoms with van der Waals surface area (Å²) in [4.78, 5) is 3.96. The van der Waals surface area contributed by atoms with Crippen LogP contribution in [0.15, 0.2) is 35.4 Å². The molecule has 0 amide bonds. The van der Waals surface area contributed by atoms with Crippen molar-refractivity contribution in [2.75, 3.05) is 20.5 Å². The Labute approximate surface area is 188 Å². The highest BCUT2D eigenvalue weighted by atomic mass is 32.2. The lowest BCUT2D eigenvalue weighted by Gasteiger charge is -2.13. The number of methoxy groups -OCH3 is 1. The molecule has 0 radical (unpaired) electrons. The van der Waals surface area contributed by atoms with Crippen molar-refractivity contribution in [1.82, 2.24) is 14.3 Å². The molecule has 2 aromatic heterocycles. The second kappa shape index (κ2) is 9.03. The molecule has 1 aliphatic carbocycles. The molecule has 0 spiro atoms. The lowest BCUT2D eigenvalue weighted by atomic mass is 10.1. The third-order valence-corrected chi connectivity index (χ3v) is 7.08. The molecular formula is C22H21F3N4O3S. The Morgan fingerprint density at radius 2 is 2.03 bits per heavy atom. The van der Waals surface area contributed by atoms with Crippen LogP contribution in [0.2, 0.25) is 0 Å². The summed E-state index contributed by atoms with van der Waals surface area (Å²) in [6.07, 6.45) is 3.12. The quantitative estimate of drug-likeness (QED) is 0.506. The fraction of sp³-hybridized carbons (Fsp3) is 0.364. The summed E-state index contributed by atoms with van der Waals surface area (Å²) >= 11 is 0. The first-order valence-corrected chi connectivity index (χ1v) is 11.7. The first-order valence-electron chi connectivity index (χ1n) is 10.2. The normalized spacial score (nSPS) is 14.1. The fourth-order valence-corrected chi connectivity index (χ4v) is 4.84. The van der Waals surface area contributed by atoms with Crippen LogP contribution < -0.4 is 9.46 Å². The number of fused-ring (bicyclic) bond motifs is 1. The number of aromatic nitrogens is 2.